The van der Waals surface area contributed by atoms with Crippen molar-refractivity contribution < 1.29 is 43.2 Å². The summed E-state index contributed by atoms with van der Waals surface area (Å²) >= 11 is 0. The van der Waals surface area contributed by atoms with Gasteiger partial charge in [-0.2, -0.15) is 0 Å². The van der Waals surface area contributed by atoms with E-state index in [0.717, 1.165) is 5.56 Å². The number of para-hydroxylation sites is 1. The van der Waals surface area contributed by atoms with E-state index in [1.165, 1.54) is 19.2 Å². The molecule has 0 aliphatic carbocycles. The highest BCUT2D eigenvalue weighted by Crippen LogP contribution is 2.29. The number of aromatic nitrogens is 1. The van der Waals surface area contributed by atoms with Crippen LogP contribution in [0.4, 0.5) is 10.5 Å². The zero-order chi connectivity index (χ0) is 30.6. The summed E-state index contributed by atoms with van der Waals surface area (Å²) in [6.07, 6.45) is -1.64. The summed E-state index contributed by atoms with van der Waals surface area (Å²) in [5.74, 6) is -2.30. The number of rotatable bonds is 13. The van der Waals surface area contributed by atoms with Gasteiger partial charge in [-0.05, 0) is 37.6 Å². The van der Waals surface area contributed by atoms with Crippen LogP contribution in [0.5, 0.6) is 11.5 Å². The van der Waals surface area contributed by atoms with Crippen LogP contribution in [0.25, 0.3) is 0 Å². The van der Waals surface area contributed by atoms with Crippen LogP contribution in [0.1, 0.15) is 49.9 Å². The number of carboxylic acid groups (broad SMARTS) is 1. The number of anilines is 1. The number of carbonyl (C=O) groups is 4. The number of ether oxygens (including phenoxy) is 4. The van der Waals surface area contributed by atoms with Gasteiger partial charge in [-0.1, -0.05) is 62.4 Å². The molecule has 1 aromatic heterocycles. The molecule has 0 aliphatic heterocycles. The molecule has 3 atom stereocenters. The van der Waals surface area contributed by atoms with Gasteiger partial charge in [0.2, 0.25) is 6.79 Å². The summed E-state index contributed by atoms with van der Waals surface area (Å²) in [5, 5.41) is 13.8. The van der Waals surface area contributed by atoms with Crippen LogP contribution in [0.3, 0.4) is 0 Å². The Morgan fingerprint density at radius 3 is 2.14 bits per heavy atom. The third-order valence-corrected chi connectivity index (χ3v) is 5.80. The molecule has 0 spiro atoms. The van der Waals surface area contributed by atoms with Crippen LogP contribution < -0.4 is 20.1 Å². The lowest BCUT2D eigenvalue weighted by atomic mass is 10.0. The van der Waals surface area contributed by atoms with E-state index in [9.17, 15) is 24.3 Å². The van der Waals surface area contributed by atoms with Crippen molar-refractivity contribution >= 4 is 29.6 Å². The lowest BCUT2D eigenvalue weighted by Gasteiger charge is -2.27. The second-order valence-electron chi connectivity index (χ2n) is 9.45. The van der Waals surface area contributed by atoms with Gasteiger partial charge in [0.1, 0.15) is 17.9 Å². The van der Waals surface area contributed by atoms with Crippen molar-refractivity contribution in [2.75, 3.05) is 12.1 Å². The van der Waals surface area contributed by atoms with Crippen molar-refractivity contribution in [2.45, 2.75) is 45.9 Å². The lowest BCUT2D eigenvalue weighted by molar-refractivity contribution is -0.155. The van der Waals surface area contributed by atoms with Gasteiger partial charge in [0.15, 0.2) is 17.5 Å². The second kappa shape index (κ2) is 15.0. The van der Waals surface area contributed by atoms with E-state index < -0.39 is 54.9 Å². The number of benzene rings is 2. The van der Waals surface area contributed by atoms with E-state index in [1.54, 1.807) is 32.9 Å². The number of carbonyl (C=O) groups excluding carboxylic acids is 3. The smallest absolute Gasteiger partial charge is 0.409 e. The first-order valence-corrected chi connectivity index (χ1v) is 13.1. The third-order valence-electron chi connectivity index (χ3n) is 5.80. The minimum Gasteiger partial charge on any atom is -0.482 e. The third kappa shape index (κ3) is 8.95. The van der Waals surface area contributed by atoms with Crippen LogP contribution >= 0.6 is 0 Å². The van der Waals surface area contributed by atoms with Crippen molar-refractivity contribution in [3.8, 4) is 11.5 Å². The number of esters is 2. The van der Waals surface area contributed by atoms with Crippen molar-refractivity contribution in [2.24, 2.45) is 5.92 Å². The van der Waals surface area contributed by atoms with E-state index in [1.807, 2.05) is 48.5 Å². The van der Waals surface area contributed by atoms with E-state index >= 15 is 0 Å². The first kappa shape index (κ1) is 31.4. The van der Waals surface area contributed by atoms with E-state index in [2.05, 4.69) is 15.6 Å². The molecule has 0 saturated heterocycles. The predicted octanol–water partition coefficient (Wildman–Crippen LogP) is 4.58. The highest BCUT2D eigenvalue weighted by molar-refractivity contribution is 6.00. The molecular formula is C30H33N3O9. The number of amides is 2. The Morgan fingerprint density at radius 2 is 1.52 bits per heavy atom. The van der Waals surface area contributed by atoms with Crippen molar-refractivity contribution in [3.05, 3.63) is 84.2 Å². The monoisotopic (exact) mass is 579 g/mol. The Hall–Kier alpha value is -5.13. The summed E-state index contributed by atoms with van der Waals surface area (Å²) in [6, 6.07) is 18.5. The Bertz CT molecular complexity index is 1370. The van der Waals surface area contributed by atoms with Gasteiger partial charge in [0.25, 0.3) is 5.91 Å². The Morgan fingerprint density at radius 1 is 0.881 bits per heavy atom. The molecule has 2 unspecified atom stereocenters. The maximum Gasteiger partial charge on any atom is 0.409 e. The summed E-state index contributed by atoms with van der Waals surface area (Å²) in [6.45, 7) is 5.75. The van der Waals surface area contributed by atoms with Gasteiger partial charge in [-0.3, -0.25) is 14.9 Å². The van der Waals surface area contributed by atoms with Crippen LogP contribution in [-0.4, -0.2) is 53.0 Å². The van der Waals surface area contributed by atoms with Crippen LogP contribution in [0.15, 0.2) is 72.9 Å². The summed E-state index contributed by atoms with van der Waals surface area (Å²) in [4.78, 5) is 53.2. The molecule has 2 aromatic carbocycles. The van der Waals surface area contributed by atoms with Crippen molar-refractivity contribution in [1.82, 2.24) is 10.3 Å². The number of hydrogen-bond acceptors (Lipinski definition) is 9. The molecule has 0 bridgehead atoms. The molecule has 12 nitrogen and oxygen atoms in total. The number of nitrogens with zero attached hydrogens (tertiary/aromatic N) is 1. The largest absolute Gasteiger partial charge is 0.482 e. The minimum absolute atomic E-state index is 0.115. The highest BCUT2D eigenvalue weighted by atomic mass is 16.7. The summed E-state index contributed by atoms with van der Waals surface area (Å²) < 4.78 is 22.2. The molecule has 0 saturated carbocycles. The van der Waals surface area contributed by atoms with Crippen LogP contribution in [0.2, 0.25) is 0 Å². The van der Waals surface area contributed by atoms with Gasteiger partial charge in [-0.15, -0.1) is 0 Å². The molecule has 42 heavy (non-hydrogen) atoms. The molecule has 0 radical (unpaired) electrons. The Labute approximate surface area is 243 Å². The Balaban J connectivity index is 1.73. The average molecular weight is 580 g/mol. The maximum absolute atomic E-state index is 13.1. The first-order chi connectivity index (χ1) is 20.1. The highest BCUT2D eigenvalue weighted by Gasteiger charge is 2.29. The topological polar surface area (TPSA) is 162 Å². The molecule has 1 heterocycles. The van der Waals surface area contributed by atoms with Crippen LogP contribution in [-0.2, 0) is 19.1 Å². The molecule has 12 heteroatoms. The molecule has 3 rings (SSSR count). The number of pyridine rings is 1. The van der Waals surface area contributed by atoms with Gasteiger partial charge in [0.05, 0.1) is 11.6 Å². The summed E-state index contributed by atoms with van der Waals surface area (Å²) in [5.41, 5.74) is 0.324. The van der Waals surface area contributed by atoms with Crippen molar-refractivity contribution in [1.29, 1.82) is 0 Å². The zero-order valence-corrected chi connectivity index (χ0v) is 23.6. The SMILES string of the molecule is CC(C)C(=O)OCOc1c(NC(=O)O)ccnc1C(=O)N[C@@H](C)C(=O)OC(C)C(Oc1ccccc1)c1ccccc1. The zero-order valence-electron chi connectivity index (χ0n) is 23.6. The fourth-order valence-electron chi connectivity index (χ4n) is 3.68. The number of nitrogens with one attached hydrogen (secondary N) is 2. The molecule has 222 valence electrons. The van der Waals surface area contributed by atoms with Crippen LogP contribution in [0, 0.1) is 5.92 Å². The van der Waals surface area contributed by atoms with Gasteiger partial charge < -0.3 is 29.4 Å². The van der Waals surface area contributed by atoms with Gasteiger partial charge in [-0.25, -0.2) is 14.6 Å². The van der Waals surface area contributed by atoms with Crippen molar-refractivity contribution in [3.63, 3.8) is 0 Å². The van der Waals surface area contributed by atoms with Gasteiger partial charge >= 0.3 is 18.0 Å². The normalized spacial score (nSPS) is 12.8. The molecule has 3 N–H and O–H groups in total. The molecule has 0 aliphatic rings. The van der Waals surface area contributed by atoms with E-state index in [4.69, 9.17) is 18.9 Å². The molecular weight excluding hydrogens is 546 g/mol. The fourth-order valence-corrected chi connectivity index (χ4v) is 3.68. The predicted molar refractivity (Wildman–Crippen MR) is 151 cm³/mol. The standard InChI is InChI=1S/C30H33N3O9/c1-18(2)28(35)40-17-39-26-23(33-30(37)38)15-16-31-24(26)27(34)32-19(3)29(36)41-20(4)25(21-11-7-5-8-12-21)42-22-13-9-6-10-14-22/h5-16,18-20,25H,17H2,1-4H3,(H,31,33)(H,32,34)(H,37,38)/t19-,20?,25?/m0/s1. The molecule has 3 aromatic rings. The molecule has 0 fully saturated rings. The minimum atomic E-state index is -1.42. The second-order valence-corrected chi connectivity index (χ2v) is 9.45. The summed E-state index contributed by atoms with van der Waals surface area (Å²) in [7, 11) is 0. The van der Waals surface area contributed by atoms with Gasteiger partial charge in [0, 0.05) is 6.20 Å². The number of hydrogen-bond donors (Lipinski definition) is 3. The molecule has 2 amide bonds. The Kier molecular flexibility index (Phi) is 11.2. The van der Waals surface area contributed by atoms with E-state index in [0.29, 0.717) is 5.75 Å². The average Bonchev–Trinajstić information content (AvgIpc) is 2.96. The first-order valence-electron chi connectivity index (χ1n) is 13.1. The van der Waals surface area contributed by atoms with E-state index in [-0.39, 0.29) is 17.1 Å². The quantitative estimate of drug-likeness (QED) is 0.193. The fraction of sp³-hybridized carbons (Fsp3) is 0.300. The lowest BCUT2D eigenvalue weighted by Crippen LogP contribution is -2.42. The maximum atomic E-state index is 13.1.